The van der Waals surface area contributed by atoms with Crippen LogP contribution in [0.3, 0.4) is 0 Å². The molecule has 0 radical (unpaired) electrons. The summed E-state index contributed by atoms with van der Waals surface area (Å²) in [6.45, 7) is 8.26. The highest BCUT2D eigenvalue weighted by Crippen LogP contribution is 2.26. The van der Waals surface area contributed by atoms with Gasteiger partial charge in [-0.1, -0.05) is 32.9 Å². The molecule has 5 nitrogen and oxygen atoms in total. The van der Waals surface area contributed by atoms with Crippen molar-refractivity contribution in [1.82, 2.24) is 4.98 Å². The van der Waals surface area contributed by atoms with Crippen LogP contribution in [0.25, 0.3) is 10.9 Å². The number of amides is 1. The third-order valence-corrected chi connectivity index (χ3v) is 4.62. The maximum atomic E-state index is 12.8. The van der Waals surface area contributed by atoms with Crippen molar-refractivity contribution >= 4 is 28.5 Å². The molecule has 1 aromatic heterocycles. The lowest BCUT2D eigenvalue weighted by atomic mass is 9.87. The lowest BCUT2D eigenvalue weighted by Gasteiger charge is -2.19. The van der Waals surface area contributed by atoms with E-state index in [1.165, 1.54) is 7.11 Å². The quantitative estimate of drug-likeness (QED) is 0.662. The average Bonchev–Trinajstić information content (AvgIpc) is 2.66. The first kappa shape index (κ1) is 19.5. The number of pyridine rings is 1. The van der Waals surface area contributed by atoms with Crippen LogP contribution in [0, 0.1) is 6.92 Å². The molecule has 0 saturated carbocycles. The Morgan fingerprint density at radius 2 is 1.61 bits per heavy atom. The Balaban J connectivity index is 1.96. The summed E-state index contributed by atoms with van der Waals surface area (Å²) in [5.41, 5.74) is 4.25. The minimum Gasteiger partial charge on any atom is -0.465 e. The van der Waals surface area contributed by atoms with Gasteiger partial charge in [0.05, 0.1) is 23.9 Å². The normalized spacial score (nSPS) is 11.3. The van der Waals surface area contributed by atoms with Crippen LogP contribution < -0.4 is 5.32 Å². The van der Waals surface area contributed by atoms with Gasteiger partial charge in [0, 0.05) is 16.6 Å². The Labute approximate surface area is 164 Å². The van der Waals surface area contributed by atoms with Crippen molar-refractivity contribution in [2.24, 2.45) is 0 Å². The standard InChI is InChI=1S/C23H24N2O3/c1-14-12-20(18-13-16(22(27)28-5)8-11-19(18)24-14)25-21(26)15-6-9-17(10-7-15)23(2,3)4/h6-13H,1-5H3,(H,24,25,26). The topological polar surface area (TPSA) is 68.3 Å². The molecule has 5 heteroatoms. The van der Waals surface area contributed by atoms with E-state index in [0.29, 0.717) is 27.7 Å². The summed E-state index contributed by atoms with van der Waals surface area (Å²) in [7, 11) is 1.34. The predicted octanol–water partition coefficient (Wildman–Crippen LogP) is 4.88. The van der Waals surface area contributed by atoms with Gasteiger partial charge in [-0.25, -0.2) is 4.79 Å². The highest BCUT2D eigenvalue weighted by Gasteiger charge is 2.16. The fourth-order valence-corrected chi connectivity index (χ4v) is 3.02. The molecule has 1 amide bonds. The van der Waals surface area contributed by atoms with Gasteiger partial charge in [-0.2, -0.15) is 0 Å². The number of methoxy groups -OCH3 is 1. The molecule has 0 spiro atoms. The number of anilines is 1. The van der Waals surface area contributed by atoms with Gasteiger partial charge >= 0.3 is 5.97 Å². The Bertz CT molecular complexity index is 1050. The summed E-state index contributed by atoms with van der Waals surface area (Å²) in [6, 6.07) is 14.5. The van der Waals surface area contributed by atoms with Crippen LogP contribution in [0.5, 0.6) is 0 Å². The minimum absolute atomic E-state index is 0.0255. The number of aromatic nitrogens is 1. The summed E-state index contributed by atoms with van der Waals surface area (Å²) in [5, 5.41) is 3.64. The van der Waals surface area contributed by atoms with Gasteiger partial charge in [-0.3, -0.25) is 9.78 Å². The van der Waals surface area contributed by atoms with Gasteiger partial charge in [0.2, 0.25) is 0 Å². The molecule has 0 unspecified atom stereocenters. The first-order valence-corrected chi connectivity index (χ1v) is 9.10. The van der Waals surface area contributed by atoms with Crippen molar-refractivity contribution in [2.45, 2.75) is 33.1 Å². The van der Waals surface area contributed by atoms with Gasteiger partial charge in [-0.05, 0) is 54.3 Å². The van der Waals surface area contributed by atoms with Crippen LogP contribution >= 0.6 is 0 Å². The van der Waals surface area contributed by atoms with Crippen LogP contribution in [0.4, 0.5) is 5.69 Å². The monoisotopic (exact) mass is 376 g/mol. The summed E-state index contributed by atoms with van der Waals surface area (Å²) < 4.78 is 4.79. The number of carbonyl (C=O) groups excluding carboxylic acids is 2. The maximum Gasteiger partial charge on any atom is 0.337 e. The summed E-state index contributed by atoms with van der Waals surface area (Å²) in [6.07, 6.45) is 0. The fourth-order valence-electron chi connectivity index (χ4n) is 3.02. The molecule has 0 aliphatic rings. The van der Waals surface area contributed by atoms with E-state index >= 15 is 0 Å². The van der Waals surface area contributed by atoms with Crippen LogP contribution in [-0.2, 0) is 10.2 Å². The van der Waals surface area contributed by atoms with Gasteiger partial charge in [0.1, 0.15) is 0 Å². The summed E-state index contributed by atoms with van der Waals surface area (Å²) in [4.78, 5) is 29.1. The average molecular weight is 376 g/mol. The van der Waals surface area contributed by atoms with Crippen molar-refractivity contribution in [3.05, 3.63) is 70.9 Å². The third-order valence-electron chi connectivity index (χ3n) is 4.62. The van der Waals surface area contributed by atoms with Crippen molar-refractivity contribution in [3.8, 4) is 0 Å². The molecular formula is C23H24N2O3. The molecular weight excluding hydrogens is 352 g/mol. The second kappa shape index (κ2) is 7.43. The van der Waals surface area contributed by atoms with E-state index in [1.54, 1.807) is 24.3 Å². The van der Waals surface area contributed by atoms with E-state index < -0.39 is 5.97 Å². The number of nitrogens with zero attached hydrogens (tertiary/aromatic N) is 1. The molecule has 0 aliphatic carbocycles. The molecule has 144 valence electrons. The Morgan fingerprint density at radius 1 is 0.964 bits per heavy atom. The van der Waals surface area contributed by atoms with Crippen molar-refractivity contribution in [2.75, 3.05) is 12.4 Å². The number of hydrogen-bond acceptors (Lipinski definition) is 4. The maximum absolute atomic E-state index is 12.8. The van der Waals surface area contributed by atoms with Gasteiger partial charge in [0.25, 0.3) is 5.91 Å². The molecule has 0 bridgehead atoms. The zero-order chi connectivity index (χ0) is 20.5. The van der Waals surface area contributed by atoms with Crippen LogP contribution in [0.1, 0.15) is 52.7 Å². The lowest BCUT2D eigenvalue weighted by Crippen LogP contribution is -2.15. The number of esters is 1. The van der Waals surface area contributed by atoms with Crippen LogP contribution in [0.2, 0.25) is 0 Å². The van der Waals surface area contributed by atoms with E-state index in [1.807, 2.05) is 31.2 Å². The van der Waals surface area contributed by atoms with Gasteiger partial charge in [-0.15, -0.1) is 0 Å². The molecule has 0 saturated heterocycles. The van der Waals surface area contributed by atoms with E-state index in [9.17, 15) is 9.59 Å². The van der Waals surface area contributed by atoms with Crippen molar-refractivity contribution < 1.29 is 14.3 Å². The van der Waals surface area contributed by atoms with Crippen LogP contribution in [0.15, 0.2) is 48.5 Å². The Kier molecular flexibility index (Phi) is 5.18. The van der Waals surface area contributed by atoms with Crippen molar-refractivity contribution in [3.63, 3.8) is 0 Å². The van der Waals surface area contributed by atoms with E-state index in [0.717, 1.165) is 11.3 Å². The Morgan fingerprint density at radius 3 is 2.21 bits per heavy atom. The number of benzene rings is 2. The van der Waals surface area contributed by atoms with Gasteiger partial charge in [0.15, 0.2) is 0 Å². The number of ether oxygens (including phenoxy) is 1. The molecule has 28 heavy (non-hydrogen) atoms. The first-order valence-electron chi connectivity index (χ1n) is 9.10. The number of hydrogen-bond donors (Lipinski definition) is 1. The lowest BCUT2D eigenvalue weighted by molar-refractivity contribution is 0.0601. The molecule has 3 aromatic rings. The van der Waals surface area contributed by atoms with E-state index in [-0.39, 0.29) is 11.3 Å². The van der Waals surface area contributed by atoms with Crippen LogP contribution in [-0.4, -0.2) is 24.0 Å². The Hall–Kier alpha value is -3.21. The molecule has 1 heterocycles. The second-order valence-electron chi connectivity index (χ2n) is 7.82. The molecule has 2 aromatic carbocycles. The summed E-state index contributed by atoms with van der Waals surface area (Å²) >= 11 is 0. The number of carbonyl (C=O) groups is 2. The van der Waals surface area contributed by atoms with Crippen molar-refractivity contribution in [1.29, 1.82) is 0 Å². The number of fused-ring (bicyclic) bond motifs is 1. The predicted molar refractivity (Wildman–Crippen MR) is 111 cm³/mol. The minimum atomic E-state index is -0.433. The number of aryl methyl sites for hydroxylation is 1. The molecule has 3 rings (SSSR count). The van der Waals surface area contributed by atoms with E-state index in [2.05, 4.69) is 31.1 Å². The molecule has 0 fully saturated rings. The molecule has 1 N–H and O–H groups in total. The zero-order valence-electron chi connectivity index (χ0n) is 16.8. The molecule has 0 aliphatic heterocycles. The highest BCUT2D eigenvalue weighted by molar-refractivity contribution is 6.09. The molecule has 0 atom stereocenters. The first-order chi connectivity index (χ1) is 13.2. The van der Waals surface area contributed by atoms with Gasteiger partial charge < -0.3 is 10.1 Å². The summed E-state index contributed by atoms with van der Waals surface area (Å²) in [5.74, 6) is -0.645. The fraction of sp³-hybridized carbons (Fsp3) is 0.261. The zero-order valence-corrected chi connectivity index (χ0v) is 16.8. The highest BCUT2D eigenvalue weighted by atomic mass is 16.5. The second-order valence-corrected chi connectivity index (χ2v) is 7.82. The third kappa shape index (κ3) is 4.03. The smallest absolute Gasteiger partial charge is 0.337 e. The SMILES string of the molecule is COC(=O)c1ccc2nc(C)cc(NC(=O)c3ccc(C(C)(C)C)cc3)c2c1. The number of rotatable bonds is 3. The van der Waals surface area contributed by atoms with E-state index in [4.69, 9.17) is 4.74 Å². The largest absolute Gasteiger partial charge is 0.465 e. The number of nitrogens with one attached hydrogen (secondary N) is 1.